The number of rotatable bonds is 1. The fraction of sp³-hybridized carbons (Fsp3) is 0.364. The predicted molar refractivity (Wildman–Crippen MR) is 58.9 cm³/mol. The Morgan fingerprint density at radius 3 is 2.29 bits per heavy atom. The number of hydrogen-bond acceptors (Lipinski definition) is 2. The molecule has 1 aromatic rings. The molecule has 2 nitrogen and oxygen atoms in total. The SMILES string of the molecule is CC.COC(=O)c1cc(C)cc(Cl)c1. The minimum Gasteiger partial charge on any atom is -0.465 e. The number of benzene rings is 1. The first-order valence-corrected chi connectivity index (χ1v) is 4.87. The van der Waals surface area contributed by atoms with E-state index in [1.54, 1.807) is 18.2 Å². The highest BCUT2D eigenvalue weighted by atomic mass is 35.5. The van der Waals surface area contributed by atoms with E-state index in [9.17, 15) is 4.79 Å². The zero-order valence-corrected chi connectivity index (χ0v) is 9.68. The third kappa shape index (κ3) is 3.79. The van der Waals surface area contributed by atoms with Crippen LogP contribution in [0.4, 0.5) is 0 Å². The van der Waals surface area contributed by atoms with Crippen molar-refractivity contribution in [3.05, 3.63) is 34.3 Å². The van der Waals surface area contributed by atoms with E-state index in [4.69, 9.17) is 11.6 Å². The van der Waals surface area contributed by atoms with Gasteiger partial charge >= 0.3 is 5.97 Å². The number of carbonyl (C=O) groups is 1. The van der Waals surface area contributed by atoms with Crippen LogP contribution in [0.25, 0.3) is 0 Å². The van der Waals surface area contributed by atoms with Crippen LogP contribution in [0, 0.1) is 6.92 Å². The van der Waals surface area contributed by atoms with Crippen molar-refractivity contribution in [2.75, 3.05) is 7.11 Å². The van der Waals surface area contributed by atoms with E-state index in [1.807, 2.05) is 20.8 Å². The van der Waals surface area contributed by atoms with Crippen LogP contribution in [-0.4, -0.2) is 13.1 Å². The number of methoxy groups -OCH3 is 1. The Kier molecular flexibility index (Phi) is 5.97. The third-order valence-electron chi connectivity index (χ3n) is 1.46. The molecule has 1 rings (SSSR count). The molecule has 0 N–H and O–H groups in total. The highest BCUT2D eigenvalue weighted by molar-refractivity contribution is 6.31. The highest BCUT2D eigenvalue weighted by Crippen LogP contribution is 2.14. The quantitative estimate of drug-likeness (QED) is 0.670. The smallest absolute Gasteiger partial charge is 0.337 e. The largest absolute Gasteiger partial charge is 0.465 e. The summed E-state index contributed by atoms with van der Waals surface area (Å²) in [5.74, 6) is -0.361. The van der Waals surface area contributed by atoms with Gasteiger partial charge in [-0.2, -0.15) is 0 Å². The summed E-state index contributed by atoms with van der Waals surface area (Å²) in [6.07, 6.45) is 0. The molecule has 0 aromatic heterocycles. The van der Waals surface area contributed by atoms with Crippen LogP contribution in [-0.2, 0) is 4.74 Å². The first kappa shape index (κ1) is 13.0. The molecule has 0 aliphatic heterocycles. The van der Waals surface area contributed by atoms with E-state index in [2.05, 4.69) is 4.74 Å². The zero-order chi connectivity index (χ0) is 11.1. The van der Waals surface area contributed by atoms with Crippen molar-refractivity contribution < 1.29 is 9.53 Å². The molecule has 0 atom stereocenters. The van der Waals surface area contributed by atoms with Gasteiger partial charge in [-0.05, 0) is 30.7 Å². The monoisotopic (exact) mass is 214 g/mol. The fourth-order valence-corrected chi connectivity index (χ4v) is 1.26. The maximum Gasteiger partial charge on any atom is 0.337 e. The Morgan fingerprint density at radius 2 is 1.86 bits per heavy atom. The molecule has 3 heteroatoms. The second-order valence-electron chi connectivity index (χ2n) is 2.51. The van der Waals surface area contributed by atoms with Crippen molar-refractivity contribution in [1.29, 1.82) is 0 Å². The minimum atomic E-state index is -0.361. The Hall–Kier alpha value is -1.02. The van der Waals surface area contributed by atoms with Crippen LogP contribution in [0.3, 0.4) is 0 Å². The van der Waals surface area contributed by atoms with Crippen molar-refractivity contribution in [3.8, 4) is 0 Å². The molecule has 0 spiro atoms. The summed E-state index contributed by atoms with van der Waals surface area (Å²) in [7, 11) is 1.35. The topological polar surface area (TPSA) is 26.3 Å². The summed E-state index contributed by atoms with van der Waals surface area (Å²) in [4.78, 5) is 11.0. The number of aryl methyl sites for hydroxylation is 1. The van der Waals surface area contributed by atoms with Gasteiger partial charge in [0, 0.05) is 5.02 Å². The van der Waals surface area contributed by atoms with Crippen molar-refractivity contribution in [3.63, 3.8) is 0 Å². The number of ether oxygens (including phenoxy) is 1. The Balaban J connectivity index is 0.000000791. The van der Waals surface area contributed by atoms with Gasteiger partial charge in [-0.3, -0.25) is 0 Å². The van der Waals surface area contributed by atoms with E-state index >= 15 is 0 Å². The summed E-state index contributed by atoms with van der Waals surface area (Å²) in [5, 5.41) is 0.551. The van der Waals surface area contributed by atoms with Gasteiger partial charge in [-0.15, -0.1) is 0 Å². The molecule has 0 fully saturated rings. The van der Waals surface area contributed by atoms with Gasteiger partial charge in [0.15, 0.2) is 0 Å². The maximum absolute atomic E-state index is 11.0. The van der Waals surface area contributed by atoms with Gasteiger partial charge < -0.3 is 4.74 Å². The van der Waals surface area contributed by atoms with Crippen LogP contribution in [0.15, 0.2) is 18.2 Å². The molecule has 0 radical (unpaired) electrons. The van der Waals surface area contributed by atoms with Crippen LogP contribution in [0.1, 0.15) is 29.8 Å². The van der Waals surface area contributed by atoms with Crippen molar-refractivity contribution in [2.24, 2.45) is 0 Å². The molecule has 0 bridgehead atoms. The standard InChI is InChI=1S/C9H9ClO2.C2H6/c1-6-3-7(9(11)12-2)5-8(10)4-6;1-2/h3-5H,1-2H3;1-2H3. The lowest BCUT2D eigenvalue weighted by molar-refractivity contribution is 0.0600. The molecule has 0 unspecified atom stereocenters. The van der Waals surface area contributed by atoms with Crippen LogP contribution in [0.2, 0.25) is 5.02 Å². The van der Waals surface area contributed by atoms with E-state index in [1.165, 1.54) is 7.11 Å². The number of carbonyl (C=O) groups excluding carboxylic acids is 1. The predicted octanol–water partition coefficient (Wildman–Crippen LogP) is 3.46. The van der Waals surface area contributed by atoms with Crippen LogP contribution >= 0.6 is 11.6 Å². The number of esters is 1. The average Bonchev–Trinajstić information content (AvgIpc) is 2.18. The molecule has 0 amide bonds. The summed E-state index contributed by atoms with van der Waals surface area (Å²) in [5.41, 5.74) is 1.44. The second kappa shape index (κ2) is 6.44. The van der Waals surface area contributed by atoms with Gasteiger partial charge in [0.2, 0.25) is 0 Å². The summed E-state index contributed by atoms with van der Waals surface area (Å²) < 4.78 is 4.55. The molecular formula is C11H15ClO2. The molecule has 1 aromatic carbocycles. The summed E-state index contributed by atoms with van der Waals surface area (Å²) in [6.45, 7) is 5.87. The lowest BCUT2D eigenvalue weighted by atomic mass is 10.1. The second-order valence-corrected chi connectivity index (χ2v) is 2.95. The molecule has 14 heavy (non-hydrogen) atoms. The highest BCUT2D eigenvalue weighted by Gasteiger charge is 2.05. The zero-order valence-electron chi connectivity index (χ0n) is 8.93. The molecular weight excluding hydrogens is 200 g/mol. The average molecular weight is 215 g/mol. The summed E-state index contributed by atoms with van der Waals surface area (Å²) >= 11 is 5.74. The molecule has 0 aliphatic carbocycles. The van der Waals surface area contributed by atoms with Gasteiger partial charge in [0.1, 0.15) is 0 Å². The number of halogens is 1. The molecule has 0 saturated heterocycles. The van der Waals surface area contributed by atoms with E-state index in [0.717, 1.165) is 5.56 Å². The lowest BCUT2D eigenvalue weighted by Gasteiger charge is -2.00. The van der Waals surface area contributed by atoms with Gasteiger partial charge in [0.05, 0.1) is 12.7 Å². The third-order valence-corrected chi connectivity index (χ3v) is 1.68. The first-order chi connectivity index (χ1) is 6.63. The first-order valence-electron chi connectivity index (χ1n) is 4.49. The van der Waals surface area contributed by atoms with Gasteiger partial charge in [-0.1, -0.05) is 25.4 Å². The van der Waals surface area contributed by atoms with E-state index in [0.29, 0.717) is 10.6 Å². The van der Waals surface area contributed by atoms with Crippen molar-refractivity contribution >= 4 is 17.6 Å². The lowest BCUT2D eigenvalue weighted by Crippen LogP contribution is -2.01. The van der Waals surface area contributed by atoms with E-state index in [-0.39, 0.29) is 5.97 Å². The fourth-order valence-electron chi connectivity index (χ4n) is 0.972. The van der Waals surface area contributed by atoms with Crippen molar-refractivity contribution in [2.45, 2.75) is 20.8 Å². The van der Waals surface area contributed by atoms with Gasteiger partial charge in [0.25, 0.3) is 0 Å². The number of hydrogen-bond donors (Lipinski definition) is 0. The van der Waals surface area contributed by atoms with Crippen LogP contribution < -0.4 is 0 Å². The van der Waals surface area contributed by atoms with Gasteiger partial charge in [-0.25, -0.2) is 4.79 Å². The molecule has 0 aliphatic rings. The van der Waals surface area contributed by atoms with E-state index < -0.39 is 0 Å². The maximum atomic E-state index is 11.0. The van der Waals surface area contributed by atoms with Crippen molar-refractivity contribution in [1.82, 2.24) is 0 Å². The Labute approximate surface area is 89.8 Å². The van der Waals surface area contributed by atoms with Crippen LogP contribution in [0.5, 0.6) is 0 Å². The molecule has 0 heterocycles. The molecule has 78 valence electrons. The Morgan fingerprint density at radius 1 is 1.29 bits per heavy atom. The normalized spacial score (nSPS) is 8.64. The molecule has 0 saturated carbocycles. The summed E-state index contributed by atoms with van der Waals surface area (Å²) in [6, 6.07) is 5.10. The Bertz CT molecular complexity index is 288. The minimum absolute atomic E-state index is 0.361.